The summed E-state index contributed by atoms with van der Waals surface area (Å²) in [4.78, 5) is 29.1. The van der Waals surface area contributed by atoms with Gasteiger partial charge in [0.1, 0.15) is 3.53 Å². The minimum absolute atomic E-state index is 0.0664. The van der Waals surface area contributed by atoms with Gasteiger partial charge in [-0.05, 0) is 105 Å². The molecule has 1 aliphatic heterocycles. The Morgan fingerprint density at radius 3 is 1.96 bits per heavy atom. The van der Waals surface area contributed by atoms with E-state index in [-0.39, 0.29) is 54.1 Å². The Morgan fingerprint density at radius 1 is 0.981 bits per heavy atom. The Morgan fingerprint density at radius 2 is 1.53 bits per heavy atom. The van der Waals surface area contributed by atoms with E-state index in [1.165, 1.54) is 0 Å². The molecule has 1 saturated heterocycles. The first-order valence-corrected chi connectivity index (χ1v) is 21.8. The number of rotatable bonds is 19. The lowest BCUT2D eigenvalue weighted by Gasteiger charge is -2.45. The molecule has 4 unspecified atom stereocenters. The topological polar surface area (TPSA) is 121 Å². The highest BCUT2D eigenvalue weighted by molar-refractivity contribution is 8.47. The number of thiocarbonyl (C=S) groups is 1. The van der Waals surface area contributed by atoms with Crippen molar-refractivity contribution in [3.8, 4) is 6.07 Å². The summed E-state index contributed by atoms with van der Waals surface area (Å²) in [5.41, 5.74) is -2.11. The van der Waals surface area contributed by atoms with Crippen LogP contribution >= 0.6 is 35.7 Å². The summed E-state index contributed by atoms with van der Waals surface area (Å²) in [6.45, 7) is 34.9. The van der Waals surface area contributed by atoms with Crippen molar-refractivity contribution in [3.05, 3.63) is 0 Å². The third-order valence-electron chi connectivity index (χ3n) is 9.84. The Labute approximate surface area is 339 Å². The highest BCUT2D eigenvalue weighted by atomic mass is 32.2. The number of ether oxygens (including phenoxy) is 3. The summed E-state index contributed by atoms with van der Waals surface area (Å²) >= 11 is 8.85. The van der Waals surface area contributed by atoms with Crippen molar-refractivity contribution in [2.75, 3.05) is 45.8 Å². The monoisotopic (exact) mass is 806 g/mol. The molecule has 0 aromatic heterocycles. The van der Waals surface area contributed by atoms with Gasteiger partial charge in [-0.1, -0.05) is 60.7 Å². The molecule has 1 rings (SSSR count). The smallest absolute Gasteiger partial charge is 0.227 e. The van der Waals surface area contributed by atoms with Crippen molar-refractivity contribution in [2.45, 2.75) is 171 Å². The van der Waals surface area contributed by atoms with E-state index in [0.29, 0.717) is 51.5 Å². The quantitative estimate of drug-likeness (QED) is 0.122. The summed E-state index contributed by atoms with van der Waals surface area (Å²) in [5.74, 6) is 1.09. The fourth-order valence-corrected chi connectivity index (χ4v) is 9.44. The first-order chi connectivity index (χ1) is 24.3. The number of nitriles is 1. The zero-order valence-corrected chi connectivity index (χ0v) is 39.1. The average molecular weight is 806 g/mol. The van der Waals surface area contributed by atoms with Crippen LogP contribution in [0.3, 0.4) is 0 Å². The van der Waals surface area contributed by atoms with E-state index in [1.54, 1.807) is 30.6 Å². The van der Waals surface area contributed by atoms with E-state index in [4.69, 9.17) is 31.5 Å². The molecule has 0 aromatic rings. The van der Waals surface area contributed by atoms with Gasteiger partial charge in [0.2, 0.25) is 11.8 Å². The fourth-order valence-electron chi connectivity index (χ4n) is 6.22. The number of carbonyl (C=O) groups is 2. The predicted molar refractivity (Wildman–Crippen MR) is 230 cm³/mol. The summed E-state index contributed by atoms with van der Waals surface area (Å²) < 4.78 is 17.0. The van der Waals surface area contributed by atoms with Crippen LogP contribution in [0.1, 0.15) is 143 Å². The molecule has 0 saturated carbocycles. The van der Waals surface area contributed by atoms with E-state index >= 15 is 0 Å². The summed E-state index contributed by atoms with van der Waals surface area (Å²) in [6.07, 6.45) is 2.97. The Hall–Kier alpha value is -0.940. The van der Waals surface area contributed by atoms with E-state index < -0.39 is 15.6 Å². The van der Waals surface area contributed by atoms with Gasteiger partial charge in [0.05, 0.1) is 54.5 Å². The number of methoxy groups -OCH3 is 1. The molecule has 2 amide bonds. The molecule has 1 heterocycles. The summed E-state index contributed by atoms with van der Waals surface area (Å²) in [6, 6.07) is 2.49. The van der Waals surface area contributed by atoms with Crippen LogP contribution in [0.15, 0.2) is 0 Å². The molecular weight excluding hydrogens is 727 g/mol. The lowest BCUT2D eigenvalue weighted by Crippen LogP contribution is -2.51. The van der Waals surface area contributed by atoms with Crippen LogP contribution in [-0.2, 0) is 23.8 Å². The molecule has 1 fully saturated rings. The van der Waals surface area contributed by atoms with Crippen LogP contribution in [0.2, 0.25) is 0 Å². The SMILES string of the molecule is CC.CCSC(=S)SC(C)(C)C(CC(C)(C)C(C)(C#N)CCC(=O)NC(C)CC(C)(C)OC(C)CC(C)C)C(=O)N1CCOCC1.COC(C)(C)CO. The van der Waals surface area contributed by atoms with Crippen LogP contribution in [0.25, 0.3) is 0 Å². The Bertz CT molecular complexity index is 1110. The average Bonchev–Trinajstić information content (AvgIpc) is 3.06. The number of aliphatic hydroxyl groups excluding tert-OH is 1. The molecule has 0 bridgehead atoms. The normalized spacial score (nSPS) is 16.8. The zero-order chi connectivity index (χ0) is 41.8. The maximum atomic E-state index is 14.0. The molecule has 1 aliphatic rings. The molecule has 9 nitrogen and oxygen atoms in total. The predicted octanol–water partition coefficient (Wildman–Crippen LogP) is 9.29. The van der Waals surface area contributed by atoms with Gasteiger partial charge >= 0.3 is 0 Å². The molecule has 0 spiro atoms. The molecule has 312 valence electrons. The second kappa shape index (κ2) is 25.3. The van der Waals surface area contributed by atoms with Gasteiger partial charge in [-0.25, -0.2) is 0 Å². The van der Waals surface area contributed by atoms with Gasteiger partial charge < -0.3 is 29.5 Å². The van der Waals surface area contributed by atoms with Crippen molar-refractivity contribution in [1.82, 2.24) is 10.2 Å². The summed E-state index contributed by atoms with van der Waals surface area (Å²) in [5, 5.41) is 22.1. The lowest BCUT2D eigenvalue weighted by atomic mass is 9.60. The number of nitrogens with one attached hydrogen (secondary N) is 1. The van der Waals surface area contributed by atoms with E-state index in [9.17, 15) is 14.9 Å². The van der Waals surface area contributed by atoms with E-state index in [0.717, 1.165) is 15.7 Å². The number of amides is 2. The van der Waals surface area contributed by atoms with Crippen LogP contribution in [0, 0.1) is 34.0 Å². The van der Waals surface area contributed by atoms with Crippen molar-refractivity contribution >= 4 is 51.1 Å². The van der Waals surface area contributed by atoms with Gasteiger partial charge in [0, 0.05) is 37.4 Å². The zero-order valence-electron chi connectivity index (χ0n) is 36.7. The summed E-state index contributed by atoms with van der Waals surface area (Å²) in [7, 11) is 1.58. The molecule has 0 radical (unpaired) electrons. The highest BCUT2D eigenvalue weighted by Gasteiger charge is 2.49. The number of thioether (sulfide) groups is 2. The van der Waals surface area contributed by atoms with Gasteiger partial charge in [-0.15, -0.1) is 23.5 Å². The number of hydrogen-bond donors (Lipinski definition) is 2. The molecule has 0 aromatic carbocycles. The maximum absolute atomic E-state index is 14.0. The molecule has 53 heavy (non-hydrogen) atoms. The second-order valence-electron chi connectivity index (χ2n) is 17.0. The van der Waals surface area contributed by atoms with Gasteiger partial charge in [-0.3, -0.25) is 9.59 Å². The highest BCUT2D eigenvalue weighted by Crippen LogP contribution is 2.50. The van der Waals surface area contributed by atoms with Gasteiger partial charge in [0.15, 0.2) is 0 Å². The number of hydrogen-bond acceptors (Lipinski definition) is 10. The third kappa shape index (κ3) is 21.2. The lowest BCUT2D eigenvalue weighted by molar-refractivity contribution is -0.142. The Kier molecular flexibility index (Phi) is 25.9. The minimum Gasteiger partial charge on any atom is -0.393 e. The van der Waals surface area contributed by atoms with E-state index in [2.05, 4.69) is 80.6 Å². The third-order valence-corrected chi connectivity index (χ3v) is 12.5. The van der Waals surface area contributed by atoms with Gasteiger partial charge in [-0.2, -0.15) is 5.26 Å². The molecule has 2 N–H and O–H groups in total. The largest absolute Gasteiger partial charge is 0.393 e. The van der Waals surface area contributed by atoms with Gasteiger partial charge in [0.25, 0.3) is 0 Å². The second-order valence-corrected chi connectivity index (χ2v) is 21.1. The molecule has 0 aliphatic carbocycles. The van der Waals surface area contributed by atoms with Crippen LogP contribution in [-0.4, -0.2) is 99.2 Å². The molecular formula is C41H79N3O6S3. The number of carbonyl (C=O) groups excluding carboxylic acids is 2. The maximum Gasteiger partial charge on any atom is 0.227 e. The number of nitrogens with zero attached hydrogens (tertiary/aromatic N) is 2. The van der Waals surface area contributed by atoms with Crippen LogP contribution in [0.5, 0.6) is 0 Å². The molecule has 12 heteroatoms. The van der Waals surface area contributed by atoms with Crippen LogP contribution in [0.4, 0.5) is 0 Å². The molecule has 4 atom stereocenters. The first kappa shape index (κ1) is 54.2. The van der Waals surface area contributed by atoms with E-state index in [1.807, 2.05) is 46.4 Å². The van der Waals surface area contributed by atoms with Crippen LogP contribution < -0.4 is 5.32 Å². The van der Waals surface area contributed by atoms with Crippen molar-refractivity contribution < 1.29 is 28.9 Å². The number of morpholine rings is 1. The van der Waals surface area contributed by atoms with Crippen molar-refractivity contribution in [3.63, 3.8) is 0 Å². The number of aliphatic hydroxyl groups is 1. The van der Waals surface area contributed by atoms with Crippen molar-refractivity contribution in [1.29, 1.82) is 5.26 Å². The van der Waals surface area contributed by atoms with Crippen molar-refractivity contribution in [2.24, 2.45) is 22.7 Å². The fraction of sp³-hybridized carbons (Fsp3) is 0.902. The standard InChI is InChI=1S/C34H61N3O4S3.C5H12O2.C2H6/c1-13-43-30(42)44-33(10,11)27(29(39)37-16-18-40-19-17-37)22-31(6,7)34(12,23-35)15-14-28(38)36-25(4)21-32(8,9)41-26(5)20-24(2)3;1-5(2,4-6)7-3;1-2/h24-27H,13-22H2,1-12H3,(H,36,38);6H,4H2,1-3H3;1-2H3. The Balaban J connectivity index is 0. The minimum atomic E-state index is -0.828. The first-order valence-electron chi connectivity index (χ1n) is 19.6.